The summed E-state index contributed by atoms with van der Waals surface area (Å²) in [6, 6.07) is 10.8. The Morgan fingerprint density at radius 2 is 1.88 bits per heavy atom. The summed E-state index contributed by atoms with van der Waals surface area (Å²) >= 11 is 0. The van der Waals surface area contributed by atoms with Crippen LogP contribution >= 0.6 is 0 Å². The molecular formula is C25H33N7. The quantitative estimate of drug-likeness (QED) is 0.571. The van der Waals surface area contributed by atoms with Gasteiger partial charge in [0.15, 0.2) is 0 Å². The second-order valence-electron chi connectivity index (χ2n) is 9.34. The molecule has 0 saturated carbocycles. The zero-order valence-corrected chi connectivity index (χ0v) is 19.0. The van der Waals surface area contributed by atoms with Gasteiger partial charge in [0.05, 0.1) is 23.1 Å². The van der Waals surface area contributed by atoms with E-state index in [0.29, 0.717) is 12.0 Å². The molecule has 4 heterocycles. The lowest BCUT2D eigenvalue weighted by Gasteiger charge is -2.31. The van der Waals surface area contributed by atoms with Crippen molar-refractivity contribution in [3.05, 3.63) is 71.6 Å². The van der Waals surface area contributed by atoms with E-state index < -0.39 is 0 Å². The molecule has 1 aliphatic heterocycles. The Morgan fingerprint density at radius 3 is 2.72 bits per heavy atom. The summed E-state index contributed by atoms with van der Waals surface area (Å²) in [6.07, 6.45) is 11.9. The van der Waals surface area contributed by atoms with Crippen LogP contribution in [-0.4, -0.2) is 54.9 Å². The van der Waals surface area contributed by atoms with Gasteiger partial charge in [-0.05, 0) is 81.9 Å². The Balaban J connectivity index is 1.12. The van der Waals surface area contributed by atoms with E-state index in [9.17, 15) is 0 Å². The van der Waals surface area contributed by atoms with E-state index in [4.69, 9.17) is 0 Å². The zero-order valence-electron chi connectivity index (χ0n) is 19.0. The Hall–Kier alpha value is -2.64. The molecule has 7 heteroatoms. The highest BCUT2D eigenvalue weighted by Gasteiger charge is 2.26. The summed E-state index contributed by atoms with van der Waals surface area (Å²) < 4.78 is 2.05. The van der Waals surface area contributed by atoms with Crippen LogP contribution < -0.4 is 0 Å². The fraction of sp³-hybridized carbons (Fsp3) is 0.520. The van der Waals surface area contributed by atoms with Crippen LogP contribution in [0.3, 0.4) is 0 Å². The molecule has 0 aromatic carbocycles. The second kappa shape index (κ2) is 9.88. The van der Waals surface area contributed by atoms with Crippen molar-refractivity contribution in [2.24, 2.45) is 5.92 Å². The van der Waals surface area contributed by atoms with Crippen LogP contribution in [0.2, 0.25) is 0 Å². The third kappa shape index (κ3) is 5.05. The maximum atomic E-state index is 4.69. The zero-order chi connectivity index (χ0) is 21.8. The SMILES string of the molecule is CN(Cc1cn(CC2CCN(Cc3ccccn3)CC2)nn1)C1CCCc2cccnc21. The van der Waals surface area contributed by atoms with Gasteiger partial charge in [-0.3, -0.25) is 24.4 Å². The number of aryl methyl sites for hydroxylation is 1. The van der Waals surface area contributed by atoms with Gasteiger partial charge in [0, 0.05) is 38.2 Å². The Labute approximate surface area is 190 Å². The average Bonchev–Trinajstić information content (AvgIpc) is 3.27. The molecule has 1 unspecified atom stereocenters. The van der Waals surface area contributed by atoms with Crippen LogP contribution in [0.5, 0.6) is 0 Å². The van der Waals surface area contributed by atoms with E-state index in [1.807, 2.05) is 18.5 Å². The van der Waals surface area contributed by atoms with Gasteiger partial charge in [0.2, 0.25) is 0 Å². The van der Waals surface area contributed by atoms with Crippen molar-refractivity contribution in [1.82, 2.24) is 34.8 Å². The monoisotopic (exact) mass is 431 g/mol. The molecule has 1 saturated heterocycles. The predicted octanol–water partition coefficient (Wildman–Crippen LogP) is 3.49. The lowest BCUT2D eigenvalue weighted by molar-refractivity contribution is 0.162. The predicted molar refractivity (Wildman–Crippen MR) is 124 cm³/mol. The molecule has 1 aliphatic carbocycles. The van der Waals surface area contributed by atoms with Crippen molar-refractivity contribution >= 4 is 0 Å². The number of piperidine rings is 1. The van der Waals surface area contributed by atoms with Gasteiger partial charge in [0.25, 0.3) is 0 Å². The van der Waals surface area contributed by atoms with Crippen molar-refractivity contribution in [2.45, 2.75) is 57.8 Å². The summed E-state index contributed by atoms with van der Waals surface area (Å²) in [5, 5.41) is 8.92. The smallest absolute Gasteiger partial charge is 0.0967 e. The van der Waals surface area contributed by atoms with E-state index in [-0.39, 0.29) is 0 Å². The topological polar surface area (TPSA) is 63.0 Å². The number of nitrogens with zero attached hydrogens (tertiary/aromatic N) is 7. The van der Waals surface area contributed by atoms with E-state index in [1.165, 1.54) is 30.5 Å². The molecule has 3 aromatic rings. The fourth-order valence-corrected chi connectivity index (χ4v) is 5.19. The lowest BCUT2D eigenvalue weighted by Crippen LogP contribution is -2.34. The molecule has 7 nitrogen and oxygen atoms in total. The number of likely N-dealkylation sites (tertiary alicyclic amines) is 1. The van der Waals surface area contributed by atoms with Gasteiger partial charge in [-0.25, -0.2) is 0 Å². The Kier molecular flexibility index (Phi) is 6.55. The lowest BCUT2D eigenvalue weighted by atomic mass is 9.91. The van der Waals surface area contributed by atoms with Crippen LogP contribution in [0.1, 0.15) is 54.4 Å². The minimum Gasteiger partial charge on any atom is -0.297 e. The van der Waals surface area contributed by atoms with Crippen molar-refractivity contribution in [2.75, 3.05) is 20.1 Å². The molecule has 3 aromatic heterocycles. The number of hydrogen-bond donors (Lipinski definition) is 0. The largest absolute Gasteiger partial charge is 0.297 e. The molecule has 0 radical (unpaired) electrons. The van der Waals surface area contributed by atoms with Gasteiger partial charge in [0.1, 0.15) is 0 Å². The molecule has 0 bridgehead atoms. The maximum absolute atomic E-state index is 4.69. The van der Waals surface area contributed by atoms with E-state index >= 15 is 0 Å². The number of aromatic nitrogens is 5. The molecular weight excluding hydrogens is 398 g/mol. The van der Waals surface area contributed by atoms with Crippen LogP contribution in [0.25, 0.3) is 0 Å². The van der Waals surface area contributed by atoms with Crippen molar-refractivity contribution in [1.29, 1.82) is 0 Å². The summed E-state index contributed by atoms with van der Waals surface area (Å²) in [5.74, 6) is 0.664. The van der Waals surface area contributed by atoms with Gasteiger partial charge >= 0.3 is 0 Å². The number of fused-ring (bicyclic) bond motifs is 1. The Bertz CT molecular complexity index is 994. The van der Waals surface area contributed by atoms with Crippen molar-refractivity contribution in [3.8, 4) is 0 Å². The molecule has 0 N–H and O–H groups in total. The summed E-state index contributed by atoms with van der Waals surface area (Å²) in [4.78, 5) is 14.0. The molecule has 1 fully saturated rings. The van der Waals surface area contributed by atoms with E-state index in [0.717, 1.165) is 57.0 Å². The highest BCUT2D eigenvalue weighted by Crippen LogP contribution is 2.32. The fourth-order valence-electron chi connectivity index (χ4n) is 5.19. The molecule has 0 spiro atoms. The highest BCUT2D eigenvalue weighted by molar-refractivity contribution is 5.25. The van der Waals surface area contributed by atoms with E-state index in [1.54, 1.807) is 0 Å². The minimum absolute atomic E-state index is 0.369. The first-order chi connectivity index (χ1) is 15.7. The van der Waals surface area contributed by atoms with Gasteiger partial charge in [-0.15, -0.1) is 5.10 Å². The average molecular weight is 432 g/mol. The number of hydrogen-bond acceptors (Lipinski definition) is 6. The standard InChI is InChI=1S/C25H33N7/c1-30(24-9-4-6-21-7-5-13-27-25(21)24)17-23-19-32(29-28-23)16-20-10-14-31(15-11-20)18-22-8-2-3-12-26-22/h2-3,5,7-8,12-13,19-20,24H,4,6,9-11,14-18H2,1H3. The summed E-state index contributed by atoms with van der Waals surface area (Å²) in [6.45, 7) is 4.97. The van der Waals surface area contributed by atoms with Crippen molar-refractivity contribution < 1.29 is 0 Å². The van der Waals surface area contributed by atoms with Crippen LogP contribution in [0.15, 0.2) is 48.9 Å². The van der Waals surface area contributed by atoms with Crippen molar-refractivity contribution in [3.63, 3.8) is 0 Å². The molecule has 32 heavy (non-hydrogen) atoms. The highest BCUT2D eigenvalue weighted by atomic mass is 15.4. The first-order valence-corrected chi connectivity index (χ1v) is 11.9. The number of pyridine rings is 2. The first-order valence-electron chi connectivity index (χ1n) is 11.9. The van der Waals surface area contributed by atoms with Crippen LogP contribution in [0.4, 0.5) is 0 Å². The second-order valence-corrected chi connectivity index (χ2v) is 9.34. The molecule has 5 rings (SSSR count). The van der Waals surface area contributed by atoms with Gasteiger partial charge < -0.3 is 0 Å². The number of rotatable bonds is 7. The molecule has 1 atom stereocenters. The normalized spacial score (nSPS) is 19.9. The molecule has 168 valence electrons. The summed E-state index contributed by atoms with van der Waals surface area (Å²) in [7, 11) is 2.19. The summed E-state index contributed by atoms with van der Waals surface area (Å²) in [5.41, 5.74) is 4.84. The van der Waals surface area contributed by atoms with Crippen LogP contribution in [0, 0.1) is 5.92 Å². The van der Waals surface area contributed by atoms with Crippen LogP contribution in [-0.2, 0) is 26.1 Å². The van der Waals surface area contributed by atoms with Gasteiger partial charge in [-0.2, -0.15) is 0 Å². The minimum atomic E-state index is 0.369. The first kappa shape index (κ1) is 21.2. The van der Waals surface area contributed by atoms with E-state index in [2.05, 4.69) is 72.3 Å². The molecule has 0 amide bonds. The van der Waals surface area contributed by atoms with Gasteiger partial charge in [-0.1, -0.05) is 17.3 Å². The molecule has 2 aliphatic rings. The maximum Gasteiger partial charge on any atom is 0.0967 e. The third-order valence-corrected chi connectivity index (χ3v) is 6.96. The third-order valence-electron chi connectivity index (χ3n) is 6.96. The Morgan fingerprint density at radius 1 is 1.00 bits per heavy atom.